The number of hydrogen-bond donors (Lipinski definition) is 1. The summed E-state index contributed by atoms with van der Waals surface area (Å²) in [6.07, 6.45) is 4.42. The molecule has 0 aromatic carbocycles. The van der Waals surface area contributed by atoms with Crippen molar-refractivity contribution in [3.05, 3.63) is 45.4 Å². The summed E-state index contributed by atoms with van der Waals surface area (Å²) in [6.45, 7) is 8.08. The van der Waals surface area contributed by atoms with Crippen molar-refractivity contribution >= 4 is 11.7 Å². The van der Waals surface area contributed by atoms with Crippen molar-refractivity contribution in [3.8, 4) is 5.88 Å². The smallest absolute Gasteiger partial charge is 0.269 e. The molecule has 2 aromatic rings. The van der Waals surface area contributed by atoms with Gasteiger partial charge in [0.1, 0.15) is 11.2 Å². The van der Waals surface area contributed by atoms with E-state index in [2.05, 4.69) is 18.8 Å². The molecular weight excluding hydrogens is 252 g/mol. The zero-order valence-electron chi connectivity index (χ0n) is 12.3. The maximum atomic E-state index is 12.4. The summed E-state index contributed by atoms with van der Waals surface area (Å²) in [6, 6.07) is 3.62. The van der Waals surface area contributed by atoms with Crippen LogP contribution in [-0.4, -0.2) is 14.5 Å². The standard InChI is InChI=1S/C16H20N2O2/c1-5-11(3)12(4)9-13-15(19)17-14-8-10(2)6-7-18(14)16(13)20/h6-9,11,19H,5H2,1-4H3/b12-9-/t11-/m0/s1. The zero-order chi connectivity index (χ0) is 14.9. The summed E-state index contributed by atoms with van der Waals surface area (Å²) in [5.41, 5.74) is 2.54. The number of fused-ring (bicyclic) bond motifs is 1. The lowest BCUT2D eigenvalue weighted by atomic mass is 9.98. The molecule has 2 aromatic heterocycles. The summed E-state index contributed by atoms with van der Waals surface area (Å²) in [7, 11) is 0. The first-order valence-electron chi connectivity index (χ1n) is 6.84. The quantitative estimate of drug-likeness (QED) is 0.933. The number of aromatic nitrogens is 2. The van der Waals surface area contributed by atoms with Crippen molar-refractivity contribution in [3.63, 3.8) is 0 Å². The van der Waals surface area contributed by atoms with Gasteiger partial charge in [-0.3, -0.25) is 9.20 Å². The third-order valence-corrected chi connectivity index (χ3v) is 3.76. The Labute approximate surface area is 118 Å². The summed E-state index contributed by atoms with van der Waals surface area (Å²) >= 11 is 0. The van der Waals surface area contributed by atoms with Crippen molar-refractivity contribution in [1.82, 2.24) is 9.38 Å². The first-order chi connectivity index (χ1) is 9.43. The minimum atomic E-state index is -0.241. The van der Waals surface area contributed by atoms with Gasteiger partial charge in [0.2, 0.25) is 5.88 Å². The van der Waals surface area contributed by atoms with Gasteiger partial charge >= 0.3 is 0 Å². The van der Waals surface area contributed by atoms with E-state index in [0.717, 1.165) is 17.6 Å². The molecule has 0 spiro atoms. The molecule has 106 valence electrons. The fraction of sp³-hybridized carbons (Fsp3) is 0.375. The Morgan fingerprint density at radius 1 is 1.55 bits per heavy atom. The molecule has 0 unspecified atom stereocenters. The lowest BCUT2D eigenvalue weighted by Gasteiger charge is -2.10. The monoisotopic (exact) mass is 272 g/mol. The number of allylic oxidation sites excluding steroid dienone is 1. The molecule has 4 heteroatoms. The largest absolute Gasteiger partial charge is 0.493 e. The van der Waals surface area contributed by atoms with E-state index in [-0.39, 0.29) is 17.0 Å². The predicted molar refractivity (Wildman–Crippen MR) is 81.0 cm³/mol. The molecule has 2 rings (SSSR count). The van der Waals surface area contributed by atoms with Crippen LogP contribution >= 0.6 is 0 Å². The zero-order valence-corrected chi connectivity index (χ0v) is 12.3. The molecular formula is C16H20N2O2. The van der Waals surface area contributed by atoms with Crippen LogP contribution in [0.4, 0.5) is 0 Å². The minimum Gasteiger partial charge on any atom is -0.493 e. The van der Waals surface area contributed by atoms with Crippen LogP contribution in [0.15, 0.2) is 28.7 Å². The Bertz CT molecular complexity index is 729. The Balaban J connectivity index is 2.66. The van der Waals surface area contributed by atoms with Gasteiger partial charge in [-0.1, -0.05) is 19.4 Å². The van der Waals surface area contributed by atoms with Crippen LogP contribution in [0.2, 0.25) is 0 Å². The van der Waals surface area contributed by atoms with Crippen molar-refractivity contribution in [2.75, 3.05) is 0 Å². The molecule has 1 N–H and O–H groups in total. The van der Waals surface area contributed by atoms with E-state index in [1.165, 1.54) is 4.40 Å². The fourth-order valence-electron chi connectivity index (χ4n) is 2.06. The van der Waals surface area contributed by atoms with Gasteiger partial charge in [0.05, 0.1) is 0 Å². The van der Waals surface area contributed by atoms with Gasteiger partial charge in [-0.25, -0.2) is 0 Å². The fourth-order valence-corrected chi connectivity index (χ4v) is 2.06. The second-order valence-corrected chi connectivity index (χ2v) is 5.28. The third-order valence-electron chi connectivity index (χ3n) is 3.76. The van der Waals surface area contributed by atoms with Crippen LogP contribution in [-0.2, 0) is 0 Å². The molecule has 0 fully saturated rings. The molecule has 0 aliphatic carbocycles. The molecule has 0 saturated heterocycles. The van der Waals surface area contributed by atoms with Gasteiger partial charge in [0.25, 0.3) is 5.56 Å². The van der Waals surface area contributed by atoms with Crippen LogP contribution < -0.4 is 5.56 Å². The highest BCUT2D eigenvalue weighted by Gasteiger charge is 2.11. The van der Waals surface area contributed by atoms with Crippen molar-refractivity contribution < 1.29 is 5.11 Å². The number of aromatic hydroxyl groups is 1. The molecule has 0 bridgehead atoms. The molecule has 0 radical (unpaired) electrons. The predicted octanol–water partition coefficient (Wildman–Crippen LogP) is 3.16. The second-order valence-electron chi connectivity index (χ2n) is 5.28. The van der Waals surface area contributed by atoms with Gasteiger partial charge in [-0.05, 0) is 50.0 Å². The SMILES string of the molecule is CC[C@H](C)/C(C)=C\c1c(O)nc2cc(C)ccn2c1=O. The van der Waals surface area contributed by atoms with E-state index in [1.54, 1.807) is 18.3 Å². The summed E-state index contributed by atoms with van der Waals surface area (Å²) in [5, 5.41) is 10.0. The number of nitrogens with zero attached hydrogens (tertiary/aromatic N) is 2. The Kier molecular flexibility index (Phi) is 3.93. The minimum absolute atomic E-state index is 0.205. The van der Waals surface area contributed by atoms with E-state index in [1.807, 2.05) is 19.9 Å². The lowest BCUT2D eigenvalue weighted by molar-refractivity contribution is 0.451. The normalized spacial score (nSPS) is 13.7. The van der Waals surface area contributed by atoms with E-state index < -0.39 is 0 Å². The molecule has 0 saturated carbocycles. The Morgan fingerprint density at radius 3 is 2.90 bits per heavy atom. The van der Waals surface area contributed by atoms with Crippen molar-refractivity contribution in [2.24, 2.45) is 5.92 Å². The van der Waals surface area contributed by atoms with Crippen LogP contribution in [0.3, 0.4) is 0 Å². The van der Waals surface area contributed by atoms with Crippen LogP contribution in [0.1, 0.15) is 38.3 Å². The molecule has 0 amide bonds. The number of hydrogen-bond acceptors (Lipinski definition) is 3. The van der Waals surface area contributed by atoms with E-state index in [0.29, 0.717) is 11.6 Å². The number of pyridine rings is 1. The van der Waals surface area contributed by atoms with E-state index >= 15 is 0 Å². The highest BCUT2D eigenvalue weighted by atomic mass is 16.3. The highest BCUT2D eigenvalue weighted by Crippen LogP contribution is 2.20. The van der Waals surface area contributed by atoms with Crippen molar-refractivity contribution in [2.45, 2.75) is 34.1 Å². The molecule has 0 aliphatic heterocycles. The third kappa shape index (κ3) is 2.59. The van der Waals surface area contributed by atoms with E-state index in [4.69, 9.17) is 0 Å². The Hall–Kier alpha value is -2.10. The average Bonchev–Trinajstić information content (AvgIpc) is 2.41. The Morgan fingerprint density at radius 2 is 2.25 bits per heavy atom. The molecule has 4 nitrogen and oxygen atoms in total. The molecule has 20 heavy (non-hydrogen) atoms. The molecule has 0 aliphatic rings. The van der Waals surface area contributed by atoms with Crippen molar-refractivity contribution in [1.29, 1.82) is 0 Å². The maximum Gasteiger partial charge on any atom is 0.269 e. The molecule has 2 heterocycles. The van der Waals surface area contributed by atoms with E-state index in [9.17, 15) is 9.90 Å². The lowest BCUT2D eigenvalue weighted by Crippen LogP contribution is -2.18. The first kappa shape index (κ1) is 14.3. The first-order valence-corrected chi connectivity index (χ1v) is 6.84. The maximum absolute atomic E-state index is 12.4. The topological polar surface area (TPSA) is 54.6 Å². The summed E-state index contributed by atoms with van der Waals surface area (Å²) in [5.74, 6) is 0.163. The summed E-state index contributed by atoms with van der Waals surface area (Å²) < 4.78 is 1.46. The number of aryl methyl sites for hydroxylation is 1. The number of rotatable bonds is 3. The summed E-state index contributed by atoms with van der Waals surface area (Å²) in [4.78, 5) is 16.5. The second kappa shape index (κ2) is 5.49. The molecule has 1 atom stereocenters. The van der Waals surface area contributed by atoms with Crippen LogP contribution in [0, 0.1) is 12.8 Å². The van der Waals surface area contributed by atoms with Gasteiger partial charge in [-0.15, -0.1) is 0 Å². The van der Waals surface area contributed by atoms with Gasteiger partial charge in [-0.2, -0.15) is 4.98 Å². The van der Waals surface area contributed by atoms with Gasteiger partial charge in [0, 0.05) is 6.20 Å². The average molecular weight is 272 g/mol. The van der Waals surface area contributed by atoms with Gasteiger partial charge in [0.15, 0.2) is 0 Å². The van der Waals surface area contributed by atoms with Gasteiger partial charge < -0.3 is 5.11 Å². The van der Waals surface area contributed by atoms with Crippen LogP contribution in [0.5, 0.6) is 5.88 Å². The van der Waals surface area contributed by atoms with Crippen LogP contribution in [0.25, 0.3) is 11.7 Å². The highest BCUT2D eigenvalue weighted by molar-refractivity contribution is 5.59.